The fraction of sp³-hybridized carbons (Fsp3) is 0.167. The second kappa shape index (κ2) is 4.99. The molecule has 0 radical (unpaired) electrons. The van der Waals surface area contributed by atoms with Gasteiger partial charge in [-0.15, -0.1) is 11.8 Å². The highest BCUT2D eigenvalue weighted by atomic mass is 32.2. The van der Waals surface area contributed by atoms with Crippen LogP contribution in [0.15, 0.2) is 41.6 Å². The van der Waals surface area contributed by atoms with Crippen molar-refractivity contribution in [2.75, 3.05) is 13.4 Å². The standard InChI is InChI=1S/C12H12N2OS/c1-15-11-7-6-9(8-13-11)10-4-3-5-12(14-10)16-2/h3-8H,1-2H3. The molecular formula is C12H12N2OS. The van der Waals surface area contributed by atoms with Gasteiger partial charge < -0.3 is 4.74 Å². The molecule has 16 heavy (non-hydrogen) atoms. The molecule has 0 N–H and O–H groups in total. The van der Waals surface area contributed by atoms with Crippen molar-refractivity contribution in [3.05, 3.63) is 36.5 Å². The first-order valence-corrected chi connectivity index (χ1v) is 6.07. The molecule has 2 aromatic rings. The smallest absolute Gasteiger partial charge is 0.212 e. The van der Waals surface area contributed by atoms with Crippen LogP contribution in [0.5, 0.6) is 5.88 Å². The zero-order valence-corrected chi connectivity index (χ0v) is 9.99. The number of aromatic nitrogens is 2. The van der Waals surface area contributed by atoms with Gasteiger partial charge in [0.05, 0.1) is 17.8 Å². The van der Waals surface area contributed by atoms with Crippen molar-refractivity contribution in [2.45, 2.75) is 5.03 Å². The van der Waals surface area contributed by atoms with Crippen LogP contribution >= 0.6 is 11.8 Å². The number of hydrogen-bond donors (Lipinski definition) is 0. The van der Waals surface area contributed by atoms with Crippen LogP contribution in [-0.2, 0) is 0 Å². The molecule has 2 aromatic heterocycles. The third-order valence-electron chi connectivity index (χ3n) is 2.17. The van der Waals surface area contributed by atoms with Crippen molar-refractivity contribution in [2.24, 2.45) is 0 Å². The molecule has 0 aliphatic heterocycles. The topological polar surface area (TPSA) is 35.0 Å². The zero-order chi connectivity index (χ0) is 11.4. The predicted octanol–water partition coefficient (Wildman–Crippen LogP) is 2.87. The molecule has 0 aliphatic carbocycles. The minimum absolute atomic E-state index is 0.616. The van der Waals surface area contributed by atoms with Crippen LogP contribution in [0, 0.1) is 0 Å². The van der Waals surface area contributed by atoms with Gasteiger partial charge in [0, 0.05) is 17.8 Å². The Bertz CT molecular complexity index is 471. The van der Waals surface area contributed by atoms with E-state index in [0.29, 0.717) is 5.88 Å². The Morgan fingerprint density at radius 3 is 2.69 bits per heavy atom. The number of nitrogens with zero attached hydrogens (tertiary/aromatic N) is 2. The van der Waals surface area contributed by atoms with Crippen LogP contribution in [0.25, 0.3) is 11.3 Å². The molecule has 0 saturated heterocycles. The highest BCUT2D eigenvalue weighted by Gasteiger charge is 2.01. The Morgan fingerprint density at radius 1 is 1.19 bits per heavy atom. The summed E-state index contributed by atoms with van der Waals surface area (Å²) in [6, 6.07) is 9.76. The average Bonchev–Trinajstić information content (AvgIpc) is 2.39. The summed E-state index contributed by atoms with van der Waals surface area (Å²) in [6.07, 6.45) is 3.78. The Morgan fingerprint density at radius 2 is 2.06 bits per heavy atom. The lowest BCUT2D eigenvalue weighted by Gasteiger charge is -2.03. The van der Waals surface area contributed by atoms with Gasteiger partial charge in [0.2, 0.25) is 5.88 Å². The van der Waals surface area contributed by atoms with Crippen molar-refractivity contribution in [1.82, 2.24) is 9.97 Å². The first-order valence-electron chi connectivity index (χ1n) is 4.85. The molecule has 3 nitrogen and oxygen atoms in total. The van der Waals surface area contributed by atoms with Gasteiger partial charge in [0.1, 0.15) is 0 Å². The third-order valence-corrected chi connectivity index (χ3v) is 2.82. The van der Waals surface area contributed by atoms with E-state index in [1.54, 1.807) is 25.1 Å². The van der Waals surface area contributed by atoms with E-state index in [-0.39, 0.29) is 0 Å². The lowest BCUT2D eigenvalue weighted by Crippen LogP contribution is -1.89. The normalized spacial score (nSPS) is 10.1. The summed E-state index contributed by atoms with van der Waals surface area (Å²) in [5.41, 5.74) is 1.93. The minimum Gasteiger partial charge on any atom is -0.481 e. The second-order valence-electron chi connectivity index (χ2n) is 3.15. The maximum Gasteiger partial charge on any atom is 0.212 e. The molecule has 0 aromatic carbocycles. The molecule has 0 fully saturated rings. The zero-order valence-electron chi connectivity index (χ0n) is 9.18. The lowest BCUT2D eigenvalue weighted by atomic mass is 10.2. The Hall–Kier alpha value is -1.55. The fourth-order valence-electron chi connectivity index (χ4n) is 1.34. The first kappa shape index (κ1) is 11.0. The van der Waals surface area contributed by atoms with Crippen LogP contribution < -0.4 is 4.74 Å². The van der Waals surface area contributed by atoms with Crippen molar-refractivity contribution in [3.63, 3.8) is 0 Å². The van der Waals surface area contributed by atoms with Gasteiger partial charge in [-0.2, -0.15) is 0 Å². The minimum atomic E-state index is 0.616. The molecule has 4 heteroatoms. The molecule has 2 rings (SSSR count). The number of hydrogen-bond acceptors (Lipinski definition) is 4. The average molecular weight is 232 g/mol. The maximum atomic E-state index is 5.01. The molecule has 0 atom stereocenters. The van der Waals surface area contributed by atoms with E-state index in [1.165, 1.54) is 0 Å². The SMILES string of the molecule is COc1ccc(-c2cccc(SC)n2)cn1. The fourth-order valence-corrected chi connectivity index (χ4v) is 1.75. The van der Waals surface area contributed by atoms with Crippen molar-refractivity contribution < 1.29 is 4.74 Å². The van der Waals surface area contributed by atoms with Crippen LogP contribution in [0.3, 0.4) is 0 Å². The van der Waals surface area contributed by atoms with Gasteiger partial charge in [0.15, 0.2) is 0 Å². The van der Waals surface area contributed by atoms with E-state index >= 15 is 0 Å². The van der Waals surface area contributed by atoms with Crippen molar-refractivity contribution in [1.29, 1.82) is 0 Å². The van der Waals surface area contributed by atoms with Crippen molar-refractivity contribution in [3.8, 4) is 17.1 Å². The summed E-state index contributed by atoms with van der Waals surface area (Å²) < 4.78 is 5.01. The molecule has 2 heterocycles. The number of ether oxygens (including phenoxy) is 1. The number of pyridine rings is 2. The molecule has 0 bridgehead atoms. The van der Waals surface area contributed by atoms with E-state index in [1.807, 2.05) is 36.6 Å². The van der Waals surface area contributed by atoms with E-state index < -0.39 is 0 Å². The van der Waals surface area contributed by atoms with Crippen LogP contribution in [0.2, 0.25) is 0 Å². The second-order valence-corrected chi connectivity index (χ2v) is 3.98. The summed E-state index contributed by atoms with van der Waals surface area (Å²) in [5.74, 6) is 0.616. The molecule has 0 spiro atoms. The lowest BCUT2D eigenvalue weighted by molar-refractivity contribution is 0.398. The highest BCUT2D eigenvalue weighted by Crippen LogP contribution is 2.21. The molecule has 0 saturated carbocycles. The van der Waals surface area contributed by atoms with Gasteiger partial charge in [-0.05, 0) is 24.5 Å². The van der Waals surface area contributed by atoms with E-state index in [9.17, 15) is 0 Å². The van der Waals surface area contributed by atoms with E-state index in [4.69, 9.17) is 4.74 Å². The van der Waals surface area contributed by atoms with E-state index in [0.717, 1.165) is 16.3 Å². The summed E-state index contributed by atoms with van der Waals surface area (Å²) in [4.78, 5) is 8.66. The Kier molecular flexibility index (Phi) is 3.41. The van der Waals surface area contributed by atoms with E-state index in [2.05, 4.69) is 9.97 Å². The van der Waals surface area contributed by atoms with Gasteiger partial charge in [-0.3, -0.25) is 0 Å². The number of methoxy groups -OCH3 is 1. The molecule has 82 valence electrons. The molecule has 0 unspecified atom stereocenters. The molecule has 0 amide bonds. The largest absolute Gasteiger partial charge is 0.481 e. The predicted molar refractivity (Wildman–Crippen MR) is 65.8 cm³/mol. The van der Waals surface area contributed by atoms with Gasteiger partial charge in [0.25, 0.3) is 0 Å². The van der Waals surface area contributed by atoms with Gasteiger partial charge in [-0.1, -0.05) is 6.07 Å². The summed E-state index contributed by atoms with van der Waals surface area (Å²) in [5, 5.41) is 1.01. The maximum absolute atomic E-state index is 5.01. The van der Waals surface area contributed by atoms with Gasteiger partial charge in [-0.25, -0.2) is 9.97 Å². The van der Waals surface area contributed by atoms with Gasteiger partial charge >= 0.3 is 0 Å². The Labute approximate surface area is 98.9 Å². The first-order chi connectivity index (χ1) is 7.83. The monoisotopic (exact) mass is 232 g/mol. The highest BCUT2D eigenvalue weighted by molar-refractivity contribution is 7.98. The summed E-state index contributed by atoms with van der Waals surface area (Å²) in [7, 11) is 1.61. The Balaban J connectivity index is 2.34. The van der Waals surface area contributed by atoms with Crippen LogP contribution in [0.1, 0.15) is 0 Å². The van der Waals surface area contributed by atoms with Crippen LogP contribution in [-0.4, -0.2) is 23.3 Å². The quantitative estimate of drug-likeness (QED) is 0.762. The third kappa shape index (κ3) is 2.33. The summed E-state index contributed by atoms with van der Waals surface area (Å²) >= 11 is 1.63. The molecule has 0 aliphatic rings. The van der Waals surface area contributed by atoms with Crippen LogP contribution in [0.4, 0.5) is 0 Å². The molecular weight excluding hydrogens is 220 g/mol. The number of thioether (sulfide) groups is 1. The summed E-state index contributed by atoms with van der Waals surface area (Å²) in [6.45, 7) is 0. The number of rotatable bonds is 3. The van der Waals surface area contributed by atoms with Crippen molar-refractivity contribution >= 4 is 11.8 Å².